The predicted molar refractivity (Wildman–Crippen MR) is 112 cm³/mol. The molecule has 1 saturated heterocycles. The molecule has 31 heavy (non-hydrogen) atoms. The van der Waals surface area contributed by atoms with E-state index < -0.39 is 27.8 Å². The van der Waals surface area contributed by atoms with E-state index >= 15 is 0 Å². The quantitative estimate of drug-likeness (QED) is 0.719. The van der Waals surface area contributed by atoms with Crippen LogP contribution < -0.4 is 15.4 Å². The summed E-state index contributed by atoms with van der Waals surface area (Å²) in [6, 6.07) is 5.85. The highest BCUT2D eigenvalue weighted by atomic mass is 35.5. The molecule has 1 atom stereocenters. The Morgan fingerprint density at radius 1 is 1.32 bits per heavy atom. The van der Waals surface area contributed by atoms with Crippen LogP contribution >= 0.6 is 11.6 Å². The highest BCUT2D eigenvalue weighted by Gasteiger charge is 2.41. The number of hydrogen-bond acceptors (Lipinski definition) is 5. The van der Waals surface area contributed by atoms with Crippen LogP contribution in [0.3, 0.4) is 0 Å². The Hall–Kier alpha value is -2.69. The van der Waals surface area contributed by atoms with Gasteiger partial charge in [0.2, 0.25) is 15.9 Å². The molecular formula is C20H19ClFN3O5S. The number of anilines is 2. The molecule has 0 radical (unpaired) electrons. The zero-order valence-electron chi connectivity index (χ0n) is 16.4. The molecule has 1 unspecified atom stereocenters. The van der Waals surface area contributed by atoms with Gasteiger partial charge in [0.1, 0.15) is 22.5 Å². The molecule has 11 heteroatoms. The molecule has 0 aliphatic carbocycles. The number of aryl methyl sites for hydroxylation is 1. The number of benzene rings is 2. The third-order valence-electron chi connectivity index (χ3n) is 5.20. The number of hydrogen-bond donors (Lipinski definition) is 2. The first-order valence-electron chi connectivity index (χ1n) is 9.52. The van der Waals surface area contributed by atoms with Gasteiger partial charge in [0, 0.05) is 18.3 Å². The Bertz CT molecular complexity index is 1190. The number of nitrogens with one attached hydrogen (secondary N) is 2. The van der Waals surface area contributed by atoms with Crippen molar-refractivity contribution in [3.63, 3.8) is 0 Å². The fraction of sp³-hybridized carbons (Fsp3) is 0.300. The molecule has 1 fully saturated rings. The maximum atomic E-state index is 13.8. The van der Waals surface area contributed by atoms with Crippen molar-refractivity contribution in [1.29, 1.82) is 0 Å². The van der Waals surface area contributed by atoms with E-state index in [9.17, 15) is 22.4 Å². The van der Waals surface area contributed by atoms with Crippen LogP contribution in [0.5, 0.6) is 5.75 Å². The van der Waals surface area contributed by atoms with E-state index in [1.807, 2.05) is 0 Å². The summed E-state index contributed by atoms with van der Waals surface area (Å²) in [4.78, 5) is 24.1. The fourth-order valence-corrected chi connectivity index (χ4v) is 5.77. The van der Waals surface area contributed by atoms with Gasteiger partial charge in [-0.25, -0.2) is 12.8 Å². The van der Waals surface area contributed by atoms with Crippen LogP contribution in [-0.4, -0.2) is 43.7 Å². The van der Waals surface area contributed by atoms with E-state index in [1.54, 1.807) is 13.0 Å². The van der Waals surface area contributed by atoms with Gasteiger partial charge in [0.25, 0.3) is 5.91 Å². The van der Waals surface area contributed by atoms with E-state index in [1.165, 1.54) is 24.3 Å². The minimum Gasteiger partial charge on any atom is -0.482 e. The molecule has 0 saturated carbocycles. The number of amides is 2. The molecule has 2 aromatic carbocycles. The lowest BCUT2D eigenvalue weighted by Crippen LogP contribution is -2.43. The van der Waals surface area contributed by atoms with Crippen molar-refractivity contribution in [2.45, 2.75) is 30.7 Å². The summed E-state index contributed by atoms with van der Waals surface area (Å²) in [5, 5.41) is 5.04. The lowest BCUT2D eigenvalue weighted by atomic mass is 10.2. The van der Waals surface area contributed by atoms with E-state index in [0.29, 0.717) is 18.4 Å². The zero-order valence-corrected chi connectivity index (χ0v) is 18.0. The number of carbonyl (C=O) groups excluding carboxylic acids is 2. The maximum absolute atomic E-state index is 13.8. The van der Waals surface area contributed by atoms with E-state index in [0.717, 1.165) is 4.31 Å². The van der Waals surface area contributed by atoms with Crippen molar-refractivity contribution in [3.8, 4) is 5.75 Å². The molecular weight excluding hydrogens is 449 g/mol. The molecule has 2 aliphatic heterocycles. The van der Waals surface area contributed by atoms with E-state index in [4.69, 9.17) is 16.3 Å². The molecule has 2 aromatic rings. The fourth-order valence-electron chi connectivity index (χ4n) is 3.59. The second kappa shape index (κ2) is 8.10. The van der Waals surface area contributed by atoms with Crippen LogP contribution in [0.15, 0.2) is 35.2 Å². The van der Waals surface area contributed by atoms with Gasteiger partial charge in [-0.3, -0.25) is 9.59 Å². The Labute approximate surface area is 183 Å². The molecule has 2 aliphatic rings. The predicted octanol–water partition coefficient (Wildman–Crippen LogP) is 2.91. The molecule has 0 bridgehead atoms. The van der Waals surface area contributed by atoms with Gasteiger partial charge in [-0.2, -0.15) is 4.31 Å². The number of fused-ring (bicyclic) bond motifs is 1. The lowest BCUT2D eigenvalue weighted by Gasteiger charge is -2.25. The van der Waals surface area contributed by atoms with Crippen LogP contribution in [0.2, 0.25) is 5.02 Å². The van der Waals surface area contributed by atoms with Crippen molar-refractivity contribution in [2.75, 3.05) is 23.8 Å². The van der Waals surface area contributed by atoms with E-state index in [2.05, 4.69) is 10.6 Å². The molecule has 4 rings (SSSR count). The summed E-state index contributed by atoms with van der Waals surface area (Å²) in [6.07, 6.45) is 0.795. The van der Waals surface area contributed by atoms with Crippen molar-refractivity contribution in [3.05, 3.63) is 46.7 Å². The summed E-state index contributed by atoms with van der Waals surface area (Å²) in [5.74, 6) is -1.22. The standard InChI is InChI=1S/C20H19ClFN3O5S/c1-11-4-5-12(7-14(11)22)23-20(27)16-3-2-6-25(16)31(28,29)18-9-17-15(8-13(18)21)24-19(26)10-30-17/h4-5,7-9,16H,2-3,6,10H2,1H3,(H,23,27)(H,24,26). The van der Waals surface area contributed by atoms with Gasteiger partial charge in [0.15, 0.2) is 6.61 Å². The lowest BCUT2D eigenvalue weighted by molar-refractivity contribution is -0.119. The largest absolute Gasteiger partial charge is 0.482 e. The smallest absolute Gasteiger partial charge is 0.262 e. The van der Waals surface area contributed by atoms with Crippen molar-refractivity contribution >= 4 is 44.8 Å². The van der Waals surface area contributed by atoms with Gasteiger partial charge in [-0.05, 0) is 43.5 Å². The molecule has 0 aromatic heterocycles. The zero-order chi connectivity index (χ0) is 22.3. The summed E-state index contributed by atoms with van der Waals surface area (Å²) in [5.41, 5.74) is 0.953. The summed E-state index contributed by atoms with van der Waals surface area (Å²) in [6.45, 7) is 1.49. The SMILES string of the molecule is Cc1ccc(NC(=O)C2CCCN2S(=O)(=O)c2cc3c(cc2Cl)NC(=O)CO3)cc1F. The normalized spacial score (nSPS) is 18.8. The number of sulfonamides is 1. The Balaban J connectivity index is 1.61. The van der Waals surface area contributed by atoms with E-state index in [-0.39, 0.29) is 46.1 Å². The highest BCUT2D eigenvalue weighted by Crippen LogP contribution is 2.38. The van der Waals surface area contributed by atoms with Crippen molar-refractivity contribution in [1.82, 2.24) is 4.31 Å². The second-order valence-electron chi connectivity index (χ2n) is 7.34. The number of halogens is 2. The van der Waals surface area contributed by atoms with Crippen LogP contribution in [-0.2, 0) is 19.6 Å². The molecule has 2 heterocycles. The maximum Gasteiger partial charge on any atom is 0.262 e. The summed E-state index contributed by atoms with van der Waals surface area (Å²) < 4.78 is 46.8. The minimum absolute atomic E-state index is 0.101. The average Bonchev–Trinajstić information content (AvgIpc) is 3.21. The van der Waals surface area contributed by atoms with Crippen LogP contribution in [0.4, 0.5) is 15.8 Å². The van der Waals surface area contributed by atoms with Gasteiger partial charge in [-0.1, -0.05) is 17.7 Å². The van der Waals surface area contributed by atoms with Crippen LogP contribution in [0.25, 0.3) is 0 Å². The third kappa shape index (κ3) is 4.10. The van der Waals surface area contributed by atoms with Crippen LogP contribution in [0, 0.1) is 12.7 Å². The molecule has 2 amide bonds. The van der Waals surface area contributed by atoms with Gasteiger partial charge in [0.05, 0.1) is 10.7 Å². The van der Waals surface area contributed by atoms with Crippen LogP contribution in [0.1, 0.15) is 18.4 Å². The number of carbonyl (C=O) groups is 2. The van der Waals surface area contributed by atoms with Crippen molar-refractivity contribution in [2.24, 2.45) is 0 Å². The molecule has 2 N–H and O–H groups in total. The topological polar surface area (TPSA) is 105 Å². The summed E-state index contributed by atoms with van der Waals surface area (Å²) in [7, 11) is -4.14. The number of rotatable bonds is 4. The van der Waals surface area contributed by atoms with Gasteiger partial charge in [-0.15, -0.1) is 0 Å². The number of nitrogens with zero attached hydrogens (tertiary/aromatic N) is 1. The van der Waals surface area contributed by atoms with Gasteiger partial charge >= 0.3 is 0 Å². The Kier molecular flexibility index (Phi) is 5.63. The first-order valence-corrected chi connectivity index (χ1v) is 11.3. The summed E-state index contributed by atoms with van der Waals surface area (Å²) >= 11 is 6.21. The Morgan fingerprint density at radius 2 is 2.10 bits per heavy atom. The highest BCUT2D eigenvalue weighted by molar-refractivity contribution is 7.89. The number of ether oxygens (including phenoxy) is 1. The average molecular weight is 468 g/mol. The van der Waals surface area contributed by atoms with Crippen molar-refractivity contribution < 1.29 is 27.1 Å². The molecule has 8 nitrogen and oxygen atoms in total. The first kappa shape index (κ1) is 21.5. The third-order valence-corrected chi connectivity index (χ3v) is 7.57. The molecule has 164 valence electrons. The monoisotopic (exact) mass is 467 g/mol. The van der Waals surface area contributed by atoms with Gasteiger partial charge < -0.3 is 15.4 Å². The second-order valence-corrected chi connectivity index (χ2v) is 9.61. The minimum atomic E-state index is -4.14. The molecule has 0 spiro atoms. The first-order chi connectivity index (χ1) is 14.7. The Morgan fingerprint density at radius 3 is 2.84 bits per heavy atom.